The highest BCUT2D eigenvalue weighted by Gasteiger charge is 2.11. The van der Waals surface area contributed by atoms with Crippen molar-refractivity contribution in [1.82, 2.24) is 9.97 Å². The van der Waals surface area contributed by atoms with Gasteiger partial charge in [-0.25, -0.2) is 9.97 Å². The van der Waals surface area contributed by atoms with Crippen molar-refractivity contribution in [2.45, 2.75) is 27.3 Å². The first kappa shape index (κ1) is 17.6. The maximum absolute atomic E-state index is 12.5. The number of benzene rings is 2. The molecule has 0 aliphatic heterocycles. The normalized spacial score (nSPS) is 10.4. The van der Waals surface area contributed by atoms with Gasteiger partial charge in [-0.15, -0.1) is 0 Å². The van der Waals surface area contributed by atoms with E-state index in [-0.39, 0.29) is 5.91 Å². The van der Waals surface area contributed by atoms with E-state index in [9.17, 15) is 4.79 Å². The highest BCUT2D eigenvalue weighted by Crippen LogP contribution is 2.14. The van der Waals surface area contributed by atoms with Gasteiger partial charge in [0.2, 0.25) is 0 Å². The Balaban J connectivity index is 1.72. The summed E-state index contributed by atoms with van der Waals surface area (Å²) in [5.74, 6) is 0.931. The standard InChI is InChI=1S/C21H22N4O/c1-14-7-9-17(10-8-14)13-22-20-12-19(23-16(3)24-20)21(26)25-18-6-4-5-15(2)11-18/h4-12H,13H2,1-3H3,(H,25,26)(H,22,23,24). The highest BCUT2D eigenvalue weighted by molar-refractivity contribution is 6.03. The van der Waals surface area contributed by atoms with E-state index in [1.54, 1.807) is 13.0 Å². The van der Waals surface area contributed by atoms with Crippen LogP contribution in [0, 0.1) is 20.8 Å². The smallest absolute Gasteiger partial charge is 0.274 e. The van der Waals surface area contributed by atoms with Crippen molar-refractivity contribution in [3.05, 3.63) is 82.8 Å². The molecule has 1 heterocycles. The molecular weight excluding hydrogens is 324 g/mol. The van der Waals surface area contributed by atoms with Crippen molar-refractivity contribution in [3.63, 3.8) is 0 Å². The summed E-state index contributed by atoms with van der Waals surface area (Å²) in [7, 11) is 0. The second-order valence-electron chi connectivity index (χ2n) is 6.35. The molecule has 0 spiro atoms. The van der Waals surface area contributed by atoms with Crippen molar-refractivity contribution in [2.24, 2.45) is 0 Å². The third-order valence-corrected chi connectivity index (χ3v) is 3.94. The zero-order chi connectivity index (χ0) is 18.5. The minimum atomic E-state index is -0.250. The molecule has 0 radical (unpaired) electrons. The molecule has 2 aromatic carbocycles. The zero-order valence-corrected chi connectivity index (χ0v) is 15.2. The van der Waals surface area contributed by atoms with E-state index in [0.717, 1.165) is 16.8 Å². The van der Waals surface area contributed by atoms with Crippen LogP contribution in [0.25, 0.3) is 0 Å². The van der Waals surface area contributed by atoms with Gasteiger partial charge in [-0.3, -0.25) is 4.79 Å². The molecule has 0 unspecified atom stereocenters. The molecule has 0 fully saturated rings. The molecule has 1 aromatic heterocycles. The number of aryl methyl sites for hydroxylation is 3. The van der Waals surface area contributed by atoms with Crippen molar-refractivity contribution in [2.75, 3.05) is 10.6 Å². The van der Waals surface area contributed by atoms with Crippen molar-refractivity contribution >= 4 is 17.4 Å². The van der Waals surface area contributed by atoms with Gasteiger partial charge in [0.25, 0.3) is 5.91 Å². The zero-order valence-electron chi connectivity index (χ0n) is 15.2. The summed E-state index contributed by atoms with van der Waals surface area (Å²) in [6.07, 6.45) is 0. The largest absolute Gasteiger partial charge is 0.366 e. The minimum Gasteiger partial charge on any atom is -0.366 e. The Kier molecular flexibility index (Phi) is 5.27. The van der Waals surface area contributed by atoms with E-state index in [0.29, 0.717) is 23.9 Å². The fraction of sp³-hybridized carbons (Fsp3) is 0.190. The van der Waals surface area contributed by atoms with Crippen LogP contribution in [0.1, 0.15) is 33.0 Å². The van der Waals surface area contributed by atoms with Crippen molar-refractivity contribution < 1.29 is 4.79 Å². The molecule has 3 rings (SSSR count). The molecule has 0 atom stereocenters. The quantitative estimate of drug-likeness (QED) is 0.724. The lowest BCUT2D eigenvalue weighted by Crippen LogP contribution is -2.16. The first-order valence-electron chi connectivity index (χ1n) is 8.53. The van der Waals surface area contributed by atoms with E-state index in [2.05, 4.69) is 51.8 Å². The van der Waals surface area contributed by atoms with Crippen LogP contribution in [-0.4, -0.2) is 15.9 Å². The number of carbonyl (C=O) groups excluding carboxylic acids is 1. The Labute approximate surface area is 153 Å². The Morgan fingerprint density at radius 2 is 1.69 bits per heavy atom. The van der Waals surface area contributed by atoms with Crippen LogP contribution in [0.5, 0.6) is 0 Å². The number of carbonyl (C=O) groups is 1. The van der Waals surface area contributed by atoms with Gasteiger partial charge >= 0.3 is 0 Å². The van der Waals surface area contributed by atoms with E-state index in [1.807, 2.05) is 31.2 Å². The Morgan fingerprint density at radius 1 is 0.923 bits per heavy atom. The number of amides is 1. The number of hydrogen-bond acceptors (Lipinski definition) is 4. The molecule has 2 N–H and O–H groups in total. The molecule has 0 saturated carbocycles. The van der Waals surface area contributed by atoms with Gasteiger partial charge < -0.3 is 10.6 Å². The number of hydrogen-bond donors (Lipinski definition) is 2. The molecule has 5 nitrogen and oxygen atoms in total. The molecule has 0 aliphatic carbocycles. The third-order valence-electron chi connectivity index (χ3n) is 3.94. The lowest BCUT2D eigenvalue weighted by Gasteiger charge is -2.10. The van der Waals surface area contributed by atoms with Crippen LogP contribution in [0.2, 0.25) is 0 Å². The minimum absolute atomic E-state index is 0.250. The first-order chi connectivity index (χ1) is 12.5. The van der Waals surface area contributed by atoms with Crippen LogP contribution in [-0.2, 0) is 6.54 Å². The van der Waals surface area contributed by atoms with Gasteiger partial charge in [0.05, 0.1) is 0 Å². The van der Waals surface area contributed by atoms with Crippen molar-refractivity contribution in [3.8, 4) is 0 Å². The first-order valence-corrected chi connectivity index (χ1v) is 8.53. The SMILES string of the molecule is Cc1ccc(CNc2cc(C(=O)Nc3cccc(C)c3)nc(C)n2)cc1. The molecule has 1 amide bonds. The summed E-state index contributed by atoms with van der Waals surface area (Å²) < 4.78 is 0. The van der Waals surface area contributed by atoms with Crippen LogP contribution < -0.4 is 10.6 Å². The van der Waals surface area contributed by atoms with E-state index < -0.39 is 0 Å². The molecule has 132 valence electrons. The van der Waals surface area contributed by atoms with Crippen LogP contribution in [0.3, 0.4) is 0 Å². The fourth-order valence-electron chi connectivity index (χ4n) is 2.59. The number of anilines is 2. The number of aromatic nitrogens is 2. The number of nitrogens with zero attached hydrogens (tertiary/aromatic N) is 2. The Hall–Kier alpha value is -3.21. The lowest BCUT2D eigenvalue weighted by atomic mass is 10.1. The lowest BCUT2D eigenvalue weighted by molar-refractivity contribution is 0.102. The molecule has 0 saturated heterocycles. The molecule has 0 aliphatic rings. The van der Waals surface area contributed by atoms with Gasteiger partial charge in [-0.2, -0.15) is 0 Å². The summed E-state index contributed by atoms with van der Waals surface area (Å²) in [6.45, 7) is 6.46. The van der Waals surface area contributed by atoms with Crippen LogP contribution in [0.15, 0.2) is 54.6 Å². The molecule has 26 heavy (non-hydrogen) atoms. The molecule has 5 heteroatoms. The topological polar surface area (TPSA) is 66.9 Å². The summed E-state index contributed by atoms with van der Waals surface area (Å²) in [5.41, 5.74) is 4.55. The van der Waals surface area contributed by atoms with Gasteiger partial charge in [-0.1, -0.05) is 42.0 Å². The third kappa shape index (κ3) is 4.66. The summed E-state index contributed by atoms with van der Waals surface area (Å²) in [4.78, 5) is 21.1. The monoisotopic (exact) mass is 346 g/mol. The van der Waals surface area contributed by atoms with Gasteiger partial charge in [0.15, 0.2) is 0 Å². The maximum atomic E-state index is 12.5. The molecular formula is C21H22N4O. The summed E-state index contributed by atoms with van der Waals surface area (Å²) in [5, 5.41) is 6.13. The van der Waals surface area contributed by atoms with Crippen LogP contribution >= 0.6 is 0 Å². The fourth-order valence-corrected chi connectivity index (χ4v) is 2.59. The summed E-state index contributed by atoms with van der Waals surface area (Å²) >= 11 is 0. The van der Waals surface area contributed by atoms with E-state index in [1.165, 1.54) is 5.56 Å². The van der Waals surface area contributed by atoms with Crippen molar-refractivity contribution in [1.29, 1.82) is 0 Å². The van der Waals surface area contributed by atoms with Gasteiger partial charge in [0.1, 0.15) is 17.3 Å². The second-order valence-corrected chi connectivity index (χ2v) is 6.35. The summed E-state index contributed by atoms with van der Waals surface area (Å²) in [6, 6.07) is 17.6. The average Bonchev–Trinajstić information content (AvgIpc) is 2.61. The van der Waals surface area contributed by atoms with Crippen LogP contribution in [0.4, 0.5) is 11.5 Å². The van der Waals surface area contributed by atoms with E-state index >= 15 is 0 Å². The number of rotatable bonds is 5. The Bertz CT molecular complexity index is 920. The highest BCUT2D eigenvalue weighted by atomic mass is 16.1. The predicted octanol–water partition coefficient (Wildman–Crippen LogP) is 4.27. The predicted molar refractivity (Wildman–Crippen MR) is 104 cm³/mol. The van der Waals surface area contributed by atoms with E-state index in [4.69, 9.17) is 0 Å². The van der Waals surface area contributed by atoms with Gasteiger partial charge in [0, 0.05) is 18.3 Å². The second kappa shape index (κ2) is 7.78. The van der Waals surface area contributed by atoms with Gasteiger partial charge in [-0.05, 0) is 44.0 Å². The Morgan fingerprint density at radius 3 is 2.42 bits per heavy atom. The number of nitrogens with one attached hydrogen (secondary N) is 2. The maximum Gasteiger partial charge on any atom is 0.274 e. The average molecular weight is 346 g/mol. The molecule has 3 aromatic rings. The molecule has 0 bridgehead atoms.